The molecule has 3 rings (SSSR count). The topological polar surface area (TPSA) is 96.0 Å². The van der Waals surface area contributed by atoms with Crippen LogP contribution in [0.15, 0.2) is 71.6 Å². The molecular formula is C27H33N3O5S. The van der Waals surface area contributed by atoms with Crippen LogP contribution in [0.2, 0.25) is 0 Å². The molecular weight excluding hydrogens is 478 g/mol. The summed E-state index contributed by atoms with van der Waals surface area (Å²) in [6.07, 6.45) is 0.378. The van der Waals surface area contributed by atoms with Gasteiger partial charge in [-0.25, -0.2) is 8.42 Å². The predicted octanol–water partition coefficient (Wildman–Crippen LogP) is 3.41. The Hall–Kier alpha value is -3.43. The molecule has 0 bridgehead atoms. The Labute approximate surface area is 212 Å². The first-order valence-electron chi connectivity index (χ1n) is 11.9. The normalized spacial score (nSPS) is 12.4. The highest BCUT2D eigenvalue weighted by molar-refractivity contribution is 7.89. The second-order valence-corrected chi connectivity index (χ2v) is 10.5. The Morgan fingerprint density at radius 3 is 2.36 bits per heavy atom. The lowest BCUT2D eigenvalue weighted by Crippen LogP contribution is -2.51. The summed E-state index contributed by atoms with van der Waals surface area (Å²) < 4.78 is 32.9. The molecule has 0 saturated heterocycles. The van der Waals surface area contributed by atoms with Crippen LogP contribution in [0.4, 0.5) is 0 Å². The number of hydrogen-bond acceptors (Lipinski definition) is 5. The van der Waals surface area contributed by atoms with Crippen molar-refractivity contribution in [1.82, 2.24) is 14.5 Å². The third-order valence-electron chi connectivity index (χ3n) is 6.01. The molecule has 0 aliphatic rings. The molecule has 3 aromatic carbocycles. The molecule has 9 heteroatoms. The molecule has 0 aliphatic carbocycles. The van der Waals surface area contributed by atoms with Gasteiger partial charge in [-0.3, -0.25) is 9.59 Å². The van der Waals surface area contributed by atoms with Crippen LogP contribution in [-0.2, 0) is 26.2 Å². The molecule has 0 aromatic heterocycles. The summed E-state index contributed by atoms with van der Waals surface area (Å²) in [6, 6.07) is 18.8. The Kier molecular flexibility index (Phi) is 9.06. The van der Waals surface area contributed by atoms with Gasteiger partial charge in [-0.2, -0.15) is 4.31 Å². The number of ether oxygens (including phenoxy) is 1. The van der Waals surface area contributed by atoms with Crippen molar-refractivity contribution in [3.63, 3.8) is 0 Å². The fourth-order valence-electron chi connectivity index (χ4n) is 4.05. The molecule has 3 aromatic rings. The van der Waals surface area contributed by atoms with Crippen LogP contribution in [0.1, 0.15) is 25.8 Å². The van der Waals surface area contributed by atoms with Crippen LogP contribution < -0.4 is 10.1 Å². The Morgan fingerprint density at radius 1 is 0.972 bits per heavy atom. The van der Waals surface area contributed by atoms with Gasteiger partial charge in [-0.05, 0) is 53.9 Å². The lowest BCUT2D eigenvalue weighted by atomic mass is 10.1. The van der Waals surface area contributed by atoms with E-state index in [1.165, 1.54) is 18.0 Å². The number of hydrogen-bond donors (Lipinski definition) is 1. The number of sulfonamides is 1. The van der Waals surface area contributed by atoms with E-state index >= 15 is 0 Å². The van der Waals surface area contributed by atoms with E-state index in [0.717, 1.165) is 20.6 Å². The molecule has 1 atom stereocenters. The molecule has 2 amide bonds. The second kappa shape index (κ2) is 12.0. The quantitative estimate of drug-likeness (QED) is 0.426. The van der Waals surface area contributed by atoms with Crippen molar-refractivity contribution in [3.05, 3.63) is 72.3 Å². The number of amides is 2. The van der Waals surface area contributed by atoms with Crippen molar-refractivity contribution in [2.24, 2.45) is 0 Å². The maximum atomic E-state index is 13.5. The highest BCUT2D eigenvalue weighted by Gasteiger charge is 2.31. The average Bonchev–Trinajstić information content (AvgIpc) is 2.88. The molecule has 1 N–H and O–H groups in total. The first-order chi connectivity index (χ1) is 17.2. The number of benzene rings is 3. The monoisotopic (exact) mass is 511 g/mol. The van der Waals surface area contributed by atoms with Crippen molar-refractivity contribution in [2.75, 3.05) is 27.2 Å². The maximum absolute atomic E-state index is 13.5. The molecule has 0 fully saturated rings. The van der Waals surface area contributed by atoms with E-state index in [0.29, 0.717) is 18.7 Å². The summed E-state index contributed by atoms with van der Waals surface area (Å²) in [4.78, 5) is 27.9. The zero-order valence-corrected chi connectivity index (χ0v) is 21.9. The molecule has 0 unspecified atom stereocenters. The Morgan fingerprint density at radius 2 is 1.69 bits per heavy atom. The largest absolute Gasteiger partial charge is 0.497 e. The van der Waals surface area contributed by atoms with Gasteiger partial charge in [-0.15, -0.1) is 0 Å². The van der Waals surface area contributed by atoms with Crippen molar-refractivity contribution >= 4 is 32.6 Å². The van der Waals surface area contributed by atoms with Crippen LogP contribution in [0.5, 0.6) is 5.75 Å². The molecule has 8 nitrogen and oxygen atoms in total. The minimum absolute atomic E-state index is 0.103. The number of rotatable bonds is 11. The van der Waals surface area contributed by atoms with Crippen molar-refractivity contribution in [3.8, 4) is 5.75 Å². The number of likely N-dealkylation sites (N-methyl/N-ethyl adjacent to an activating group) is 2. The minimum atomic E-state index is -3.94. The summed E-state index contributed by atoms with van der Waals surface area (Å²) in [5, 5.41) is 4.49. The van der Waals surface area contributed by atoms with Crippen molar-refractivity contribution in [1.29, 1.82) is 0 Å². The lowest BCUT2D eigenvalue weighted by Gasteiger charge is -2.32. The molecule has 0 saturated carbocycles. The average molecular weight is 512 g/mol. The van der Waals surface area contributed by atoms with Crippen LogP contribution in [0.25, 0.3) is 10.8 Å². The molecule has 0 heterocycles. The minimum Gasteiger partial charge on any atom is -0.497 e. The molecule has 192 valence electrons. The first kappa shape index (κ1) is 27.2. The number of carbonyl (C=O) groups excluding carboxylic acids is 2. The van der Waals surface area contributed by atoms with Gasteiger partial charge in [0.2, 0.25) is 21.8 Å². The fourth-order valence-corrected chi connectivity index (χ4v) is 5.21. The molecule has 36 heavy (non-hydrogen) atoms. The Balaban J connectivity index is 1.88. The van der Waals surface area contributed by atoms with E-state index < -0.39 is 28.5 Å². The third-order valence-corrected chi connectivity index (χ3v) is 7.81. The highest BCUT2D eigenvalue weighted by atomic mass is 32.2. The van der Waals surface area contributed by atoms with Gasteiger partial charge in [0.15, 0.2) is 0 Å². The molecule has 0 aliphatic heterocycles. The van der Waals surface area contributed by atoms with E-state index in [9.17, 15) is 18.0 Å². The van der Waals surface area contributed by atoms with Crippen LogP contribution in [0, 0.1) is 0 Å². The van der Waals surface area contributed by atoms with Gasteiger partial charge in [0, 0.05) is 20.1 Å². The van der Waals surface area contributed by atoms with Crippen LogP contribution >= 0.6 is 0 Å². The summed E-state index contributed by atoms with van der Waals surface area (Å²) >= 11 is 0. The number of methoxy groups -OCH3 is 1. The maximum Gasteiger partial charge on any atom is 0.243 e. The van der Waals surface area contributed by atoms with Crippen LogP contribution in [0.3, 0.4) is 0 Å². The van der Waals surface area contributed by atoms with Gasteiger partial charge in [0.1, 0.15) is 11.8 Å². The zero-order valence-electron chi connectivity index (χ0n) is 21.1. The smallest absolute Gasteiger partial charge is 0.243 e. The number of fused-ring (bicyclic) bond motifs is 1. The van der Waals surface area contributed by atoms with Crippen molar-refractivity contribution < 1.29 is 22.7 Å². The van der Waals surface area contributed by atoms with Gasteiger partial charge in [0.05, 0.1) is 18.6 Å². The fraction of sp³-hybridized carbons (Fsp3) is 0.333. The molecule has 0 spiro atoms. The summed E-state index contributed by atoms with van der Waals surface area (Å²) in [7, 11) is -1.01. The lowest BCUT2D eigenvalue weighted by molar-refractivity contribution is -0.141. The van der Waals surface area contributed by atoms with Crippen molar-refractivity contribution in [2.45, 2.75) is 37.8 Å². The van der Waals surface area contributed by atoms with E-state index in [-0.39, 0.29) is 17.3 Å². The van der Waals surface area contributed by atoms with E-state index in [4.69, 9.17) is 4.74 Å². The van der Waals surface area contributed by atoms with Gasteiger partial charge in [-0.1, -0.05) is 49.4 Å². The van der Waals surface area contributed by atoms with E-state index in [1.807, 2.05) is 44.2 Å². The number of carbonyl (C=O) groups is 2. The summed E-state index contributed by atoms with van der Waals surface area (Å²) in [6.45, 7) is 3.78. The third kappa shape index (κ3) is 6.22. The van der Waals surface area contributed by atoms with Gasteiger partial charge < -0.3 is 15.0 Å². The van der Waals surface area contributed by atoms with E-state index in [2.05, 4.69) is 5.32 Å². The van der Waals surface area contributed by atoms with E-state index in [1.54, 1.807) is 37.4 Å². The number of nitrogens with one attached hydrogen (secondary N) is 1. The summed E-state index contributed by atoms with van der Waals surface area (Å²) in [5.41, 5.74) is 0.769. The number of nitrogens with zero attached hydrogens (tertiary/aromatic N) is 2. The predicted molar refractivity (Wildman–Crippen MR) is 140 cm³/mol. The highest BCUT2D eigenvalue weighted by Crippen LogP contribution is 2.22. The summed E-state index contributed by atoms with van der Waals surface area (Å²) in [5.74, 6) is -0.124. The standard InChI is InChI=1S/C27H33N3O5S/c1-5-25(27(32)28-6-2)30(18-20-10-9-13-23(16-20)35-4)26(31)19-29(3)36(33,34)24-15-14-21-11-7-8-12-22(21)17-24/h7-17,25H,5-6,18-19H2,1-4H3,(H,28,32)/t25-/m0/s1. The Bertz CT molecular complexity index is 1330. The first-order valence-corrected chi connectivity index (χ1v) is 13.3. The van der Waals surface area contributed by atoms with Gasteiger partial charge in [0.25, 0.3) is 0 Å². The second-order valence-electron chi connectivity index (χ2n) is 8.46. The zero-order chi connectivity index (χ0) is 26.3. The van der Waals surface area contributed by atoms with Crippen LogP contribution in [-0.4, -0.2) is 62.7 Å². The SMILES string of the molecule is CCNC(=O)[C@H](CC)N(Cc1cccc(OC)c1)C(=O)CN(C)S(=O)(=O)c1ccc2ccccc2c1. The molecule has 0 radical (unpaired) electrons. The van der Waals surface area contributed by atoms with Gasteiger partial charge >= 0.3 is 0 Å².